The minimum absolute atomic E-state index is 0.0447. The van der Waals surface area contributed by atoms with Crippen molar-refractivity contribution in [1.29, 1.82) is 0 Å². The lowest BCUT2D eigenvalue weighted by molar-refractivity contribution is -0.137. The molecule has 0 bridgehead atoms. The average molecular weight is 422 g/mol. The predicted molar refractivity (Wildman–Crippen MR) is 113 cm³/mol. The highest BCUT2D eigenvalue weighted by atomic mass is 19.4. The third kappa shape index (κ3) is 7.73. The van der Waals surface area contributed by atoms with Crippen LogP contribution in [0.4, 0.5) is 18.0 Å². The number of amides is 1. The SMILES string of the molecule is CCCC[C@@H](Cc1ccc(-c2ccc(C(F)(F)F)cc2)cc1)NC(=O)OC(C)(C)C. The van der Waals surface area contributed by atoms with Crippen molar-refractivity contribution in [3.05, 3.63) is 59.7 Å². The van der Waals surface area contributed by atoms with Crippen LogP contribution in [0.2, 0.25) is 0 Å². The number of nitrogens with one attached hydrogen (secondary N) is 1. The molecule has 164 valence electrons. The Kier molecular flexibility index (Phi) is 7.93. The van der Waals surface area contributed by atoms with Crippen molar-refractivity contribution in [2.45, 2.75) is 71.2 Å². The molecule has 0 saturated heterocycles. The molecule has 0 aliphatic carbocycles. The van der Waals surface area contributed by atoms with Gasteiger partial charge in [-0.1, -0.05) is 56.2 Å². The van der Waals surface area contributed by atoms with Crippen LogP contribution in [0.15, 0.2) is 48.5 Å². The van der Waals surface area contributed by atoms with Crippen molar-refractivity contribution in [3.8, 4) is 11.1 Å². The molecule has 1 amide bonds. The normalized spacial score (nSPS) is 13.0. The number of carbonyl (C=O) groups excluding carboxylic acids is 1. The Morgan fingerprint density at radius 3 is 1.97 bits per heavy atom. The molecule has 0 spiro atoms. The maximum absolute atomic E-state index is 12.7. The Morgan fingerprint density at radius 1 is 0.967 bits per heavy atom. The van der Waals surface area contributed by atoms with E-state index < -0.39 is 23.4 Å². The maximum atomic E-state index is 12.7. The van der Waals surface area contributed by atoms with E-state index in [4.69, 9.17) is 4.74 Å². The van der Waals surface area contributed by atoms with Crippen LogP contribution in [0.25, 0.3) is 11.1 Å². The van der Waals surface area contributed by atoms with Crippen molar-refractivity contribution in [3.63, 3.8) is 0 Å². The van der Waals surface area contributed by atoms with Crippen LogP contribution in [-0.2, 0) is 17.3 Å². The largest absolute Gasteiger partial charge is 0.444 e. The number of rotatable bonds is 7. The lowest BCUT2D eigenvalue weighted by atomic mass is 9.98. The monoisotopic (exact) mass is 421 g/mol. The minimum Gasteiger partial charge on any atom is -0.444 e. The summed E-state index contributed by atoms with van der Waals surface area (Å²) in [6.45, 7) is 7.58. The summed E-state index contributed by atoms with van der Waals surface area (Å²) in [5.74, 6) is 0. The van der Waals surface area contributed by atoms with Gasteiger partial charge in [0.05, 0.1) is 5.56 Å². The fourth-order valence-corrected chi connectivity index (χ4v) is 3.12. The van der Waals surface area contributed by atoms with Crippen molar-refractivity contribution < 1.29 is 22.7 Å². The summed E-state index contributed by atoms with van der Waals surface area (Å²) in [5, 5.41) is 2.96. The summed E-state index contributed by atoms with van der Waals surface area (Å²) in [5.41, 5.74) is 1.40. The van der Waals surface area contributed by atoms with Crippen LogP contribution >= 0.6 is 0 Å². The highest BCUT2D eigenvalue weighted by Crippen LogP contribution is 2.31. The third-order valence-corrected chi connectivity index (χ3v) is 4.61. The van der Waals surface area contributed by atoms with Crippen molar-refractivity contribution >= 4 is 6.09 Å². The number of hydrogen-bond donors (Lipinski definition) is 1. The highest BCUT2D eigenvalue weighted by Gasteiger charge is 2.30. The van der Waals surface area contributed by atoms with Gasteiger partial charge < -0.3 is 10.1 Å². The van der Waals surface area contributed by atoms with Crippen molar-refractivity contribution in [2.75, 3.05) is 0 Å². The lowest BCUT2D eigenvalue weighted by Gasteiger charge is -2.24. The van der Waals surface area contributed by atoms with Gasteiger partial charge >= 0.3 is 12.3 Å². The Hall–Kier alpha value is -2.50. The zero-order valence-electron chi connectivity index (χ0n) is 18.0. The molecule has 0 aromatic heterocycles. The van der Waals surface area contributed by atoms with E-state index in [1.54, 1.807) is 0 Å². The molecule has 0 saturated carbocycles. The first-order chi connectivity index (χ1) is 14.0. The van der Waals surface area contributed by atoms with Crippen molar-refractivity contribution in [1.82, 2.24) is 5.32 Å². The fraction of sp³-hybridized carbons (Fsp3) is 0.458. The molecule has 1 atom stereocenters. The number of ether oxygens (including phenoxy) is 1. The quantitative estimate of drug-likeness (QED) is 0.523. The van der Waals surface area contributed by atoms with Gasteiger partial charge in [0, 0.05) is 6.04 Å². The maximum Gasteiger partial charge on any atom is 0.416 e. The van der Waals surface area contributed by atoms with E-state index in [-0.39, 0.29) is 6.04 Å². The number of halogens is 3. The Labute approximate surface area is 176 Å². The smallest absolute Gasteiger partial charge is 0.416 e. The second kappa shape index (κ2) is 10.0. The van der Waals surface area contributed by atoms with E-state index in [0.717, 1.165) is 48.1 Å². The molecule has 2 aromatic carbocycles. The highest BCUT2D eigenvalue weighted by molar-refractivity contribution is 5.68. The summed E-state index contributed by atoms with van der Waals surface area (Å²) in [7, 11) is 0. The van der Waals surface area contributed by atoms with Gasteiger partial charge in [0.25, 0.3) is 0 Å². The molecule has 0 heterocycles. The van der Waals surface area contributed by atoms with E-state index >= 15 is 0 Å². The number of alkyl halides is 3. The molecule has 2 rings (SSSR count). The Morgan fingerprint density at radius 2 is 1.50 bits per heavy atom. The molecule has 2 aromatic rings. The van der Waals surface area contributed by atoms with Gasteiger partial charge in [-0.05, 0) is 62.4 Å². The molecule has 0 fully saturated rings. The minimum atomic E-state index is -4.34. The van der Waals surface area contributed by atoms with E-state index in [1.807, 2.05) is 45.0 Å². The third-order valence-electron chi connectivity index (χ3n) is 4.61. The molecule has 1 N–H and O–H groups in total. The molecule has 6 heteroatoms. The summed E-state index contributed by atoms with van der Waals surface area (Å²) >= 11 is 0. The van der Waals surface area contributed by atoms with E-state index in [9.17, 15) is 18.0 Å². The fourth-order valence-electron chi connectivity index (χ4n) is 3.12. The van der Waals surface area contributed by atoms with Crippen LogP contribution in [-0.4, -0.2) is 17.7 Å². The zero-order chi connectivity index (χ0) is 22.4. The van der Waals surface area contributed by atoms with Gasteiger partial charge in [-0.2, -0.15) is 13.2 Å². The van der Waals surface area contributed by atoms with E-state index in [0.29, 0.717) is 6.42 Å². The van der Waals surface area contributed by atoms with E-state index in [2.05, 4.69) is 12.2 Å². The Bertz CT molecular complexity index is 806. The van der Waals surface area contributed by atoms with Gasteiger partial charge in [0.1, 0.15) is 5.60 Å². The van der Waals surface area contributed by atoms with Crippen molar-refractivity contribution in [2.24, 2.45) is 0 Å². The molecule has 30 heavy (non-hydrogen) atoms. The number of benzene rings is 2. The van der Waals surface area contributed by atoms with Gasteiger partial charge in [0.15, 0.2) is 0 Å². The lowest BCUT2D eigenvalue weighted by Crippen LogP contribution is -2.40. The molecule has 0 aliphatic rings. The van der Waals surface area contributed by atoms with E-state index in [1.165, 1.54) is 12.1 Å². The summed E-state index contributed by atoms with van der Waals surface area (Å²) in [4.78, 5) is 12.1. The molecular weight excluding hydrogens is 391 g/mol. The number of carbonyl (C=O) groups is 1. The molecule has 0 unspecified atom stereocenters. The first-order valence-corrected chi connectivity index (χ1v) is 10.2. The number of unbranched alkanes of at least 4 members (excludes halogenated alkanes) is 1. The number of alkyl carbamates (subject to hydrolysis) is 1. The summed E-state index contributed by atoms with van der Waals surface area (Å²) in [6, 6.07) is 12.8. The standard InChI is InChI=1S/C24H30F3NO2/c1-5-6-7-21(28-22(29)30-23(2,3)4)16-17-8-10-18(11-9-17)19-12-14-20(15-13-19)24(25,26)27/h8-15,21H,5-7,16H2,1-4H3,(H,28,29)/t21-/m0/s1. The number of hydrogen-bond acceptors (Lipinski definition) is 2. The van der Waals surface area contributed by atoms with Crippen LogP contribution in [0.5, 0.6) is 0 Å². The molecule has 0 radical (unpaired) electrons. The average Bonchev–Trinajstić information content (AvgIpc) is 2.64. The van der Waals surface area contributed by atoms with Gasteiger partial charge in [0.2, 0.25) is 0 Å². The predicted octanol–water partition coefficient (Wildman–Crippen LogP) is 7.00. The summed E-state index contributed by atoms with van der Waals surface area (Å²) < 4.78 is 43.5. The first-order valence-electron chi connectivity index (χ1n) is 10.2. The first kappa shape index (κ1) is 23.8. The summed E-state index contributed by atoms with van der Waals surface area (Å²) in [6.07, 6.45) is -1.24. The van der Waals surface area contributed by atoms with Gasteiger partial charge in [-0.25, -0.2) is 4.79 Å². The van der Waals surface area contributed by atoms with Crippen LogP contribution in [0.3, 0.4) is 0 Å². The van der Waals surface area contributed by atoms with Crippen LogP contribution < -0.4 is 5.32 Å². The molecule has 0 aliphatic heterocycles. The van der Waals surface area contributed by atoms with Gasteiger partial charge in [-0.15, -0.1) is 0 Å². The van der Waals surface area contributed by atoms with Crippen LogP contribution in [0.1, 0.15) is 58.1 Å². The topological polar surface area (TPSA) is 38.3 Å². The molecular formula is C24H30F3NO2. The Balaban J connectivity index is 2.06. The second-order valence-electron chi connectivity index (χ2n) is 8.46. The van der Waals surface area contributed by atoms with Crippen LogP contribution in [0, 0.1) is 0 Å². The van der Waals surface area contributed by atoms with Gasteiger partial charge in [-0.3, -0.25) is 0 Å². The zero-order valence-corrected chi connectivity index (χ0v) is 18.0. The second-order valence-corrected chi connectivity index (χ2v) is 8.46. The molecule has 3 nitrogen and oxygen atoms in total.